The van der Waals surface area contributed by atoms with Crippen molar-refractivity contribution in [3.63, 3.8) is 0 Å². The van der Waals surface area contributed by atoms with Crippen LogP contribution in [0.1, 0.15) is 35.6 Å². The van der Waals surface area contributed by atoms with E-state index in [-0.39, 0.29) is 17.7 Å². The average Bonchev–Trinajstić information content (AvgIpc) is 3.41. The van der Waals surface area contributed by atoms with Crippen LogP contribution in [0, 0.1) is 12.3 Å². The number of nitrogens with zero attached hydrogens (tertiary/aromatic N) is 1. The summed E-state index contributed by atoms with van der Waals surface area (Å²) in [6, 6.07) is 15.4. The van der Waals surface area contributed by atoms with Crippen molar-refractivity contribution in [2.75, 3.05) is 11.9 Å². The lowest BCUT2D eigenvalue weighted by Crippen LogP contribution is -2.24. The molecule has 4 rings (SSSR count). The number of rotatable bonds is 8. The van der Waals surface area contributed by atoms with Crippen LogP contribution >= 0.6 is 11.8 Å². The topological polar surface area (TPSA) is 123 Å². The first-order valence-corrected chi connectivity index (χ1v) is 11.6. The Morgan fingerprint density at radius 2 is 2.09 bits per heavy atom. The van der Waals surface area contributed by atoms with Gasteiger partial charge in [-0.15, -0.1) is 11.8 Å². The molecule has 8 nitrogen and oxygen atoms in total. The van der Waals surface area contributed by atoms with E-state index in [1.807, 2.05) is 55.5 Å². The highest BCUT2D eigenvalue weighted by atomic mass is 32.2. The normalized spacial score (nSPS) is 15.5. The summed E-state index contributed by atoms with van der Waals surface area (Å²) in [5, 5.41) is 14.4. The molecule has 1 aliphatic heterocycles. The van der Waals surface area contributed by atoms with E-state index in [2.05, 4.69) is 10.5 Å². The summed E-state index contributed by atoms with van der Waals surface area (Å²) in [7, 11) is 0. The smallest absolute Gasteiger partial charge is 0.411 e. The van der Waals surface area contributed by atoms with Gasteiger partial charge < -0.3 is 19.7 Å². The number of aromatic nitrogens is 1. The minimum absolute atomic E-state index is 0.00851. The van der Waals surface area contributed by atoms with Crippen molar-refractivity contribution < 1.29 is 18.8 Å². The van der Waals surface area contributed by atoms with Gasteiger partial charge in [0.15, 0.2) is 11.9 Å². The molecule has 9 heteroatoms. The maximum absolute atomic E-state index is 12.5. The number of benzene rings is 2. The summed E-state index contributed by atoms with van der Waals surface area (Å²) >= 11 is 1.57. The highest BCUT2D eigenvalue weighted by Gasteiger charge is 2.29. The Labute approximate surface area is 196 Å². The molecule has 1 amide bonds. The molecule has 0 saturated heterocycles. The molecule has 2 heterocycles. The lowest BCUT2D eigenvalue weighted by molar-refractivity contribution is 0.0893. The van der Waals surface area contributed by atoms with E-state index in [1.54, 1.807) is 18.7 Å². The van der Waals surface area contributed by atoms with Crippen molar-refractivity contribution in [3.05, 3.63) is 71.1 Å². The van der Waals surface area contributed by atoms with E-state index in [0.29, 0.717) is 35.7 Å². The van der Waals surface area contributed by atoms with Gasteiger partial charge in [-0.25, -0.2) is 4.79 Å². The fourth-order valence-corrected chi connectivity index (χ4v) is 4.82. The molecule has 2 atom stereocenters. The zero-order valence-corrected chi connectivity index (χ0v) is 19.3. The SMILES string of the molecule is CCc1noc(C)c1NC(=O)OCC(Oc1cccc2c1CC(C(=N)N)S2)c1ccccc1. The number of thioether (sulfide) groups is 1. The third kappa shape index (κ3) is 5.14. The summed E-state index contributed by atoms with van der Waals surface area (Å²) < 4.78 is 17.1. The number of nitrogens with one attached hydrogen (secondary N) is 2. The van der Waals surface area contributed by atoms with Gasteiger partial charge in [0.1, 0.15) is 29.6 Å². The molecule has 33 heavy (non-hydrogen) atoms. The molecule has 0 saturated carbocycles. The van der Waals surface area contributed by atoms with Gasteiger partial charge in [-0.2, -0.15) is 0 Å². The number of hydrogen-bond acceptors (Lipinski definition) is 7. The van der Waals surface area contributed by atoms with Gasteiger partial charge in [-0.1, -0.05) is 48.5 Å². The number of nitrogens with two attached hydrogens (primary N) is 1. The lowest BCUT2D eigenvalue weighted by Gasteiger charge is -2.21. The number of aryl methyl sites for hydroxylation is 2. The number of anilines is 1. The monoisotopic (exact) mass is 466 g/mol. The Kier molecular flexibility index (Phi) is 6.88. The summed E-state index contributed by atoms with van der Waals surface area (Å²) in [6.07, 6.45) is 0.132. The predicted molar refractivity (Wildman–Crippen MR) is 127 cm³/mol. The van der Waals surface area contributed by atoms with E-state index in [4.69, 9.17) is 25.1 Å². The molecule has 0 spiro atoms. The van der Waals surface area contributed by atoms with Gasteiger partial charge in [0.2, 0.25) is 0 Å². The number of carbonyl (C=O) groups is 1. The van der Waals surface area contributed by atoms with Crippen LogP contribution in [0.15, 0.2) is 57.9 Å². The number of fused-ring (bicyclic) bond motifs is 1. The average molecular weight is 467 g/mol. The maximum Gasteiger partial charge on any atom is 0.411 e. The van der Waals surface area contributed by atoms with Crippen LogP contribution in [0.5, 0.6) is 5.75 Å². The first-order valence-electron chi connectivity index (χ1n) is 10.7. The molecule has 2 aromatic carbocycles. The molecule has 1 aliphatic rings. The second kappa shape index (κ2) is 9.99. The largest absolute Gasteiger partial charge is 0.482 e. The highest BCUT2D eigenvalue weighted by molar-refractivity contribution is 8.01. The first-order chi connectivity index (χ1) is 16.0. The van der Waals surface area contributed by atoms with Crippen LogP contribution in [-0.2, 0) is 17.6 Å². The maximum atomic E-state index is 12.5. The predicted octanol–water partition coefficient (Wildman–Crippen LogP) is 4.87. The van der Waals surface area contributed by atoms with Crippen LogP contribution < -0.4 is 15.8 Å². The van der Waals surface area contributed by atoms with Crippen molar-refractivity contribution in [2.24, 2.45) is 5.73 Å². The van der Waals surface area contributed by atoms with Crippen LogP contribution in [-0.4, -0.2) is 28.9 Å². The lowest BCUT2D eigenvalue weighted by atomic mass is 10.1. The number of carbonyl (C=O) groups excluding carboxylic acids is 1. The Hall–Kier alpha value is -3.46. The van der Waals surface area contributed by atoms with Crippen LogP contribution in [0.4, 0.5) is 10.5 Å². The zero-order chi connectivity index (χ0) is 23.4. The highest BCUT2D eigenvalue weighted by Crippen LogP contribution is 2.42. The first kappa shape index (κ1) is 22.7. The van der Waals surface area contributed by atoms with Crippen molar-refractivity contribution in [2.45, 2.75) is 42.9 Å². The third-order valence-corrected chi connectivity index (χ3v) is 6.74. The molecule has 0 aliphatic carbocycles. The Balaban J connectivity index is 1.50. The standard InChI is InChI=1S/C24H26N4O4S/c1-3-17-22(14(2)32-28-17)27-24(29)30-13-19(15-8-5-4-6-9-15)31-18-10-7-11-20-16(18)12-21(33-20)23(25)26/h4-11,19,21H,3,12-13H2,1-2H3,(H3,25,26)(H,27,29). The van der Waals surface area contributed by atoms with Crippen molar-refractivity contribution in [1.29, 1.82) is 5.41 Å². The number of amides is 1. The molecule has 3 aromatic rings. The second-order valence-electron chi connectivity index (χ2n) is 7.65. The fraction of sp³-hybridized carbons (Fsp3) is 0.292. The van der Waals surface area contributed by atoms with E-state index >= 15 is 0 Å². The molecule has 2 unspecified atom stereocenters. The molecule has 1 aromatic heterocycles. The summed E-state index contributed by atoms with van der Waals surface area (Å²) in [5.74, 6) is 1.37. The van der Waals surface area contributed by atoms with Gasteiger partial charge in [0, 0.05) is 10.5 Å². The van der Waals surface area contributed by atoms with Gasteiger partial charge in [-0.3, -0.25) is 10.7 Å². The van der Waals surface area contributed by atoms with Crippen molar-refractivity contribution in [1.82, 2.24) is 5.16 Å². The molecule has 0 radical (unpaired) electrons. The van der Waals surface area contributed by atoms with Crippen molar-refractivity contribution in [3.8, 4) is 5.75 Å². The second-order valence-corrected chi connectivity index (χ2v) is 8.90. The molecule has 0 bridgehead atoms. The molecule has 0 fully saturated rings. The molecular formula is C24H26N4O4S. The third-order valence-electron chi connectivity index (χ3n) is 5.40. The van der Waals surface area contributed by atoms with E-state index < -0.39 is 12.2 Å². The Morgan fingerprint density at radius 1 is 1.30 bits per heavy atom. The Morgan fingerprint density at radius 3 is 2.82 bits per heavy atom. The van der Waals surface area contributed by atoms with Crippen LogP contribution in [0.25, 0.3) is 0 Å². The van der Waals surface area contributed by atoms with Crippen LogP contribution in [0.3, 0.4) is 0 Å². The van der Waals surface area contributed by atoms with Gasteiger partial charge in [0.05, 0.1) is 5.25 Å². The van der Waals surface area contributed by atoms with Crippen molar-refractivity contribution >= 4 is 29.4 Å². The number of ether oxygens (including phenoxy) is 2. The summed E-state index contributed by atoms with van der Waals surface area (Å²) in [6.45, 7) is 3.68. The van der Waals surface area contributed by atoms with Gasteiger partial charge in [0.25, 0.3) is 0 Å². The fourth-order valence-electron chi connectivity index (χ4n) is 3.65. The Bertz CT molecular complexity index is 1150. The molecule has 4 N–H and O–H groups in total. The zero-order valence-electron chi connectivity index (χ0n) is 18.5. The van der Waals surface area contributed by atoms with E-state index in [9.17, 15) is 4.79 Å². The summed E-state index contributed by atoms with van der Waals surface area (Å²) in [5.41, 5.74) is 8.83. The summed E-state index contributed by atoms with van der Waals surface area (Å²) in [4.78, 5) is 13.6. The minimum Gasteiger partial charge on any atom is -0.482 e. The van der Waals surface area contributed by atoms with Crippen LogP contribution in [0.2, 0.25) is 0 Å². The van der Waals surface area contributed by atoms with Gasteiger partial charge in [-0.05, 0) is 37.5 Å². The molecule has 172 valence electrons. The van der Waals surface area contributed by atoms with Gasteiger partial charge >= 0.3 is 6.09 Å². The number of amidine groups is 1. The quantitative estimate of drug-likeness (QED) is 0.320. The number of hydrogen-bond donors (Lipinski definition) is 3. The minimum atomic E-state index is -0.606. The van der Waals surface area contributed by atoms with E-state index in [0.717, 1.165) is 16.0 Å². The molecular weight excluding hydrogens is 440 g/mol. The van der Waals surface area contributed by atoms with E-state index in [1.165, 1.54) is 0 Å².